The van der Waals surface area contributed by atoms with Gasteiger partial charge < -0.3 is 16.0 Å². The minimum Gasteiger partial charge on any atom is -0.379 e. The average Bonchev–Trinajstić information content (AvgIpc) is 2.33. The minimum atomic E-state index is 0.665. The molecule has 4 heteroatoms. The van der Waals surface area contributed by atoms with Crippen LogP contribution in [0.3, 0.4) is 0 Å². The summed E-state index contributed by atoms with van der Waals surface area (Å²) in [6.45, 7) is 0.887. The molecule has 0 amide bonds. The molecule has 0 saturated heterocycles. The molecule has 0 unspecified atom stereocenters. The van der Waals surface area contributed by atoms with Gasteiger partial charge in [-0.25, -0.2) is 0 Å². The Kier molecular flexibility index (Phi) is 1.14. The Morgan fingerprint density at radius 3 is 3.20 bits per heavy atom. The Labute approximate surface area is 64.2 Å². The van der Waals surface area contributed by atoms with E-state index in [4.69, 9.17) is 12.2 Å². The Morgan fingerprint density at radius 1 is 1.40 bits per heavy atom. The van der Waals surface area contributed by atoms with Crippen LogP contribution in [0, 0.1) is 0 Å². The number of thiocarbonyl (C=S) groups is 1. The van der Waals surface area contributed by atoms with Crippen molar-refractivity contribution in [2.75, 3.05) is 6.54 Å². The molecule has 0 fully saturated rings. The highest BCUT2D eigenvalue weighted by atomic mass is 32.1. The van der Waals surface area contributed by atoms with Crippen molar-refractivity contribution in [3.05, 3.63) is 23.7 Å². The van der Waals surface area contributed by atoms with Crippen LogP contribution in [0.5, 0.6) is 0 Å². The molecule has 52 valence electrons. The quantitative estimate of drug-likeness (QED) is 0.421. The maximum atomic E-state index is 4.89. The molecule has 3 nitrogen and oxygen atoms in total. The first-order valence-electron chi connectivity index (χ1n) is 3.08. The Morgan fingerprint density at radius 2 is 2.30 bits per heavy atom. The van der Waals surface area contributed by atoms with Gasteiger partial charge in [-0.3, -0.25) is 0 Å². The molecule has 2 rings (SSSR count). The molecule has 2 aliphatic rings. The van der Waals surface area contributed by atoms with Crippen molar-refractivity contribution < 1.29 is 0 Å². The minimum absolute atomic E-state index is 0.665. The van der Waals surface area contributed by atoms with Gasteiger partial charge in [-0.05, 0) is 18.3 Å². The molecule has 0 bridgehead atoms. The van der Waals surface area contributed by atoms with Crippen molar-refractivity contribution in [3.8, 4) is 0 Å². The first kappa shape index (κ1) is 5.73. The molecule has 0 aromatic carbocycles. The zero-order valence-electron chi connectivity index (χ0n) is 5.27. The van der Waals surface area contributed by atoms with Crippen molar-refractivity contribution in [2.45, 2.75) is 0 Å². The van der Waals surface area contributed by atoms with Crippen LogP contribution >= 0.6 is 12.2 Å². The Bertz CT molecular complexity index is 241. The number of hydrogen-bond acceptors (Lipinski definition) is 2. The normalized spacial score (nSPS) is 21.4. The summed E-state index contributed by atoms with van der Waals surface area (Å²) in [4.78, 5) is 0. The van der Waals surface area contributed by atoms with Crippen LogP contribution in [0.25, 0.3) is 0 Å². The van der Waals surface area contributed by atoms with Gasteiger partial charge in [0.25, 0.3) is 0 Å². The topological polar surface area (TPSA) is 36.1 Å². The van der Waals surface area contributed by atoms with Crippen LogP contribution in [-0.4, -0.2) is 11.7 Å². The number of nitrogens with one attached hydrogen (secondary N) is 3. The standard InChI is InChI=1S/C6H7N3S/c10-6-8-3-5-4(9-6)1-2-7-5/h1,3,7H,2H2,(H2,8,9,10). The average molecular weight is 153 g/mol. The van der Waals surface area contributed by atoms with Gasteiger partial charge in [-0.1, -0.05) is 0 Å². The van der Waals surface area contributed by atoms with Crippen molar-refractivity contribution in [2.24, 2.45) is 0 Å². The largest absolute Gasteiger partial charge is 0.379 e. The smallest absolute Gasteiger partial charge is 0.174 e. The van der Waals surface area contributed by atoms with Crippen molar-refractivity contribution in [1.82, 2.24) is 16.0 Å². The van der Waals surface area contributed by atoms with Crippen LogP contribution in [0.1, 0.15) is 0 Å². The molecule has 0 radical (unpaired) electrons. The maximum absolute atomic E-state index is 4.89. The van der Waals surface area contributed by atoms with Gasteiger partial charge in [-0.2, -0.15) is 0 Å². The molecule has 0 aromatic rings. The number of hydrogen-bond donors (Lipinski definition) is 3. The lowest BCUT2D eigenvalue weighted by atomic mass is 10.3. The van der Waals surface area contributed by atoms with Crippen molar-refractivity contribution in [3.63, 3.8) is 0 Å². The fourth-order valence-electron chi connectivity index (χ4n) is 1.01. The predicted molar refractivity (Wildman–Crippen MR) is 43.0 cm³/mol. The molecule has 0 aliphatic carbocycles. The summed E-state index contributed by atoms with van der Waals surface area (Å²) in [5.74, 6) is 0. The second-order valence-corrected chi connectivity index (χ2v) is 2.56. The molecule has 0 spiro atoms. The second-order valence-electron chi connectivity index (χ2n) is 2.16. The van der Waals surface area contributed by atoms with Crippen molar-refractivity contribution in [1.29, 1.82) is 0 Å². The fraction of sp³-hybridized carbons (Fsp3) is 0.167. The zero-order valence-corrected chi connectivity index (χ0v) is 6.09. The van der Waals surface area contributed by atoms with E-state index in [1.165, 1.54) is 0 Å². The SMILES string of the molecule is S=C1NC=C2NCC=C2N1. The molecule has 10 heavy (non-hydrogen) atoms. The van der Waals surface area contributed by atoms with Gasteiger partial charge in [0, 0.05) is 12.7 Å². The predicted octanol–water partition coefficient (Wildman–Crippen LogP) is -0.207. The second kappa shape index (κ2) is 1.98. The third kappa shape index (κ3) is 0.769. The summed E-state index contributed by atoms with van der Waals surface area (Å²) in [5.41, 5.74) is 2.18. The highest BCUT2D eigenvalue weighted by Crippen LogP contribution is 2.10. The molecule has 0 aromatic heterocycles. The lowest BCUT2D eigenvalue weighted by molar-refractivity contribution is 0.915. The number of fused-ring (bicyclic) bond motifs is 1. The van der Waals surface area contributed by atoms with Crippen LogP contribution in [0.2, 0.25) is 0 Å². The summed E-state index contributed by atoms with van der Waals surface area (Å²) < 4.78 is 0. The maximum Gasteiger partial charge on any atom is 0.174 e. The van der Waals surface area contributed by atoms with E-state index >= 15 is 0 Å². The molecular formula is C6H7N3S. The summed E-state index contributed by atoms with van der Waals surface area (Å²) in [6.07, 6.45) is 3.94. The van der Waals surface area contributed by atoms with Crippen LogP contribution in [0.15, 0.2) is 23.7 Å². The third-order valence-electron chi connectivity index (χ3n) is 1.48. The first-order chi connectivity index (χ1) is 4.86. The van der Waals surface area contributed by atoms with E-state index in [9.17, 15) is 0 Å². The van der Waals surface area contributed by atoms with E-state index in [1.54, 1.807) is 0 Å². The highest BCUT2D eigenvalue weighted by Gasteiger charge is 2.14. The van der Waals surface area contributed by atoms with Gasteiger partial charge in [0.2, 0.25) is 0 Å². The third-order valence-corrected chi connectivity index (χ3v) is 1.70. The molecule has 0 saturated carbocycles. The lowest BCUT2D eigenvalue weighted by Gasteiger charge is -2.16. The Balaban J connectivity index is 2.33. The molecule has 2 aliphatic heterocycles. The first-order valence-corrected chi connectivity index (χ1v) is 3.49. The van der Waals surface area contributed by atoms with Gasteiger partial charge in [-0.15, -0.1) is 0 Å². The van der Waals surface area contributed by atoms with Gasteiger partial charge in [0.15, 0.2) is 5.11 Å². The Hall–Kier alpha value is -1.03. The van der Waals surface area contributed by atoms with Crippen LogP contribution < -0.4 is 16.0 Å². The van der Waals surface area contributed by atoms with E-state index < -0.39 is 0 Å². The number of rotatable bonds is 0. The monoisotopic (exact) mass is 153 g/mol. The zero-order chi connectivity index (χ0) is 6.97. The van der Waals surface area contributed by atoms with E-state index in [-0.39, 0.29) is 0 Å². The summed E-state index contributed by atoms with van der Waals surface area (Å²) in [6, 6.07) is 0. The van der Waals surface area contributed by atoms with E-state index in [1.807, 2.05) is 6.20 Å². The van der Waals surface area contributed by atoms with Crippen molar-refractivity contribution >= 4 is 17.3 Å². The summed E-state index contributed by atoms with van der Waals surface area (Å²) in [7, 11) is 0. The van der Waals surface area contributed by atoms with E-state index in [0.717, 1.165) is 17.9 Å². The lowest BCUT2D eigenvalue weighted by Crippen LogP contribution is -2.37. The van der Waals surface area contributed by atoms with Crippen LogP contribution in [0.4, 0.5) is 0 Å². The summed E-state index contributed by atoms with van der Waals surface area (Å²) in [5, 5.41) is 9.77. The van der Waals surface area contributed by atoms with E-state index in [0.29, 0.717) is 5.11 Å². The molecule has 0 atom stereocenters. The fourth-order valence-corrected chi connectivity index (χ4v) is 1.18. The molecule has 3 N–H and O–H groups in total. The van der Waals surface area contributed by atoms with Gasteiger partial charge in [0.1, 0.15) is 0 Å². The van der Waals surface area contributed by atoms with E-state index in [2.05, 4.69) is 22.0 Å². The molecule has 2 heterocycles. The van der Waals surface area contributed by atoms with Crippen LogP contribution in [-0.2, 0) is 0 Å². The summed E-state index contributed by atoms with van der Waals surface area (Å²) >= 11 is 4.89. The van der Waals surface area contributed by atoms with Gasteiger partial charge >= 0.3 is 0 Å². The molecular weight excluding hydrogens is 146 g/mol. The van der Waals surface area contributed by atoms with Gasteiger partial charge in [0.05, 0.1) is 11.4 Å². The highest BCUT2D eigenvalue weighted by molar-refractivity contribution is 7.80.